The normalized spacial score (nSPS) is 17.1. The van der Waals surface area contributed by atoms with Gasteiger partial charge in [-0.25, -0.2) is 4.79 Å². The fourth-order valence-electron chi connectivity index (χ4n) is 3.30. The van der Waals surface area contributed by atoms with E-state index in [1.807, 2.05) is 35.2 Å². The van der Waals surface area contributed by atoms with Gasteiger partial charge >= 0.3 is 6.03 Å². The van der Waals surface area contributed by atoms with Gasteiger partial charge in [-0.1, -0.05) is 20.8 Å². The van der Waals surface area contributed by atoms with Gasteiger partial charge < -0.3 is 15.1 Å². The van der Waals surface area contributed by atoms with Crippen molar-refractivity contribution in [2.75, 3.05) is 17.3 Å². The summed E-state index contributed by atoms with van der Waals surface area (Å²) < 4.78 is 0. The van der Waals surface area contributed by atoms with Gasteiger partial charge in [-0.2, -0.15) is 5.10 Å². The highest BCUT2D eigenvalue weighted by Gasteiger charge is 2.28. The van der Waals surface area contributed by atoms with Crippen LogP contribution in [0.4, 0.5) is 16.2 Å². The molecule has 1 fully saturated rings. The average Bonchev–Trinajstić information content (AvgIpc) is 3.22. The van der Waals surface area contributed by atoms with Gasteiger partial charge in [0.05, 0.1) is 17.9 Å². The Morgan fingerprint density at radius 1 is 1.32 bits per heavy atom. The summed E-state index contributed by atoms with van der Waals surface area (Å²) in [5, 5.41) is 10.2. The molecule has 0 saturated carbocycles. The Hall–Kier alpha value is -2.83. The summed E-state index contributed by atoms with van der Waals surface area (Å²) in [5.41, 5.74) is 3.39. The maximum absolute atomic E-state index is 12.5. The van der Waals surface area contributed by atoms with Crippen molar-refractivity contribution >= 4 is 23.3 Å². The quantitative estimate of drug-likeness (QED) is 0.840. The van der Waals surface area contributed by atoms with E-state index >= 15 is 0 Å². The number of nitrogens with zero attached hydrogens (tertiary/aromatic N) is 3. The molecule has 3 rings (SSSR count). The first-order chi connectivity index (χ1) is 13.1. The van der Waals surface area contributed by atoms with Crippen LogP contribution in [0, 0.1) is 0 Å². The molecule has 7 heteroatoms. The van der Waals surface area contributed by atoms with Gasteiger partial charge in [0.1, 0.15) is 0 Å². The topological polar surface area (TPSA) is 81.3 Å². The number of carbonyl (C=O) groups excluding carboxylic acids is 2. The molecule has 28 heavy (non-hydrogen) atoms. The van der Waals surface area contributed by atoms with E-state index in [9.17, 15) is 9.59 Å². The van der Waals surface area contributed by atoms with Gasteiger partial charge in [0.2, 0.25) is 5.91 Å². The Morgan fingerprint density at radius 3 is 2.54 bits per heavy atom. The largest absolute Gasteiger partial charge is 0.322 e. The highest BCUT2D eigenvalue weighted by atomic mass is 16.2. The molecule has 1 aliphatic rings. The molecule has 1 aliphatic heterocycles. The van der Waals surface area contributed by atoms with Crippen LogP contribution >= 0.6 is 0 Å². The van der Waals surface area contributed by atoms with E-state index in [-0.39, 0.29) is 23.4 Å². The fourth-order valence-corrected chi connectivity index (χ4v) is 3.30. The van der Waals surface area contributed by atoms with Crippen molar-refractivity contribution in [3.63, 3.8) is 0 Å². The van der Waals surface area contributed by atoms with Crippen LogP contribution in [0.3, 0.4) is 0 Å². The third-order valence-corrected chi connectivity index (χ3v) is 5.04. The van der Waals surface area contributed by atoms with Crippen LogP contribution in [-0.2, 0) is 16.8 Å². The number of H-pyrrole nitrogens is 1. The Balaban J connectivity index is 1.59. The molecule has 1 aromatic carbocycles. The molecule has 2 aromatic rings. The third-order valence-electron chi connectivity index (χ3n) is 5.04. The van der Waals surface area contributed by atoms with Crippen LogP contribution in [0.5, 0.6) is 0 Å². The molecule has 7 nitrogen and oxygen atoms in total. The second kappa shape index (κ2) is 7.66. The lowest BCUT2D eigenvalue weighted by Crippen LogP contribution is -2.31. The van der Waals surface area contributed by atoms with E-state index in [0.29, 0.717) is 18.7 Å². The third kappa shape index (κ3) is 4.35. The number of hydrogen-bond donors (Lipinski definition) is 2. The first-order valence-electron chi connectivity index (χ1n) is 9.64. The summed E-state index contributed by atoms with van der Waals surface area (Å²) in [6.07, 6.45) is 1.47. The fraction of sp³-hybridized carbons (Fsp3) is 0.476. The lowest BCUT2D eigenvalue weighted by molar-refractivity contribution is -0.117. The minimum atomic E-state index is -0.203. The SMILES string of the molecule is CC1CCC(=O)N1c1ccc(NC(=O)N(C)Cc2cc(C(C)(C)C)n[nH]2)cc1. The highest BCUT2D eigenvalue weighted by molar-refractivity contribution is 5.96. The Labute approximate surface area is 166 Å². The van der Waals surface area contributed by atoms with Gasteiger partial charge in [0.25, 0.3) is 0 Å². The monoisotopic (exact) mass is 383 g/mol. The van der Waals surface area contributed by atoms with E-state index in [1.54, 1.807) is 11.9 Å². The number of hydrogen-bond acceptors (Lipinski definition) is 3. The van der Waals surface area contributed by atoms with Gasteiger partial charge in [-0.15, -0.1) is 0 Å². The van der Waals surface area contributed by atoms with Crippen molar-refractivity contribution in [2.24, 2.45) is 0 Å². The molecule has 2 N–H and O–H groups in total. The summed E-state index contributed by atoms with van der Waals surface area (Å²) in [6.45, 7) is 8.79. The van der Waals surface area contributed by atoms with Crippen molar-refractivity contribution < 1.29 is 9.59 Å². The first-order valence-corrected chi connectivity index (χ1v) is 9.64. The zero-order valence-electron chi connectivity index (χ0n) is 17.2. The van der Waals surface area contributed by atoms with Gasteiger partial charge in [-0.3, -0.25) is 9.89 Å². The van der Waals surface area contributed by atoms with Crippen molar-refractivity contribution in [2.45, 2.75) is 58.5 Å². The van der Waals surface area contributed by atoms with Crippen LogP contribution in [0.25, 0.3) is 0 Å². The Kier molecular flexibility index (Phi) is 5.45. The molecule has 1 atom stereocenters. The maximum Gasteiger partial charge on any atom is 0.321 e. The summed E-state index contributed by atoms with van der Waals surface area (Å²) in [4.78, 5) is 27.9. The summed E-state index contributed by atoms with van der Waals surface area (Å²) in [5.74, 6) is 0.151. The summed E-state index contributed by atoms with van der Waals surface area (Å²) >= 11 is 0. The predicted molar refractivity (Wildman–Crippen MR) is 110 cm³/mol. The van der Waals surface area contributed by atoms with Crippen LogP contribution in [-0.4, -0.2) is 40.1 Å². The number of benzene rings is 1. The number of aromatic nitrogens is 2. The number of anilines is 2. The maximum atomic E-state index is 12.5. The lowest BCUT2D eigenvalue weighted by atomic mass is 9.92. The average molecular weight is 383 g/mol. The molecular weight excluding hydrogens is 354 g/mol. The van der Waals surface area contributed by atoms with E-state index < -0.39 is 0 Å². The molecule has 1 unspecified atom stereocenters. The lowest BCUT2D eigenvalue weighted by Gasteiger charge is -2.22. The smallest absolute Gasteiger partial charge is 0.321 e. The van der Waals surface area contributed by atoms with Crippen molar-refractivity contribution in [3.8, 4) is 0 Å². The predicted octanol–water partition coefficient (Wildman–Crippen LogP) is 3.89. The zero-order chi connectivity index (χ0) is 20.5. The van der Waals surface area contributed by atoms with Gasteiger partial charge in [0.15, 0.2) is 0 Å². The number of aromatic amines is 1. The van der Waals surface area contributed by atoms with Crippen molar-refractivity contribution in [1.29, 1.82) is 0 Å². The molecule has 2 heterocycles. The molecule has 1 saturated heterocycles. The molecule has 1 aromatic heterocycles. The van der Waals surface area contributed by atoms with Crippen LogP contribution in [0.15, 0.2) is 30.3 Å². The highest BCUT2D eigenvalue weighted by Crippen LogP contribution is 2.27. The van der Waals surface area contributed by atoms with Gasteiger partial charge in [-0.05, 0) is 43.7 Å². The Morgan fingerprint density at radius 2 is 2.00 bits per heavy atom. The van der Waals surface area contributed by atoms with Crippen molar-refractivity contribution in [1.82, 2.24) is 15.1 Å². The molecule has 0 aliphatic carbocycles. The molecular formula is C21H29N5O2. The number of rotatable bonds is 4. The number of amides is 3. The van der Waals surface area contributed by atoms with Crippen LogP contribution in [0.2, 0.25) is 0 Å². The number of urea groups is 1. The Bertz CT molecular complexity index is 850. The second-order valence-corrected chi connectivity index (χ2v) is 8.51. The van der Waals surface area contributed by atoms with Crippen LogP contribution < -0.4 is 10.2 Å². The van der Waals surface area contributed by atoms with E-state index in [4.69, 9.17) is 0 Å². The molecule has 0 spiro atoms. The molecule has 0 radical (unpaired) electrons. The summed E-state index contributed by atoms with van der Waals surface area (Å²) in [7, 11) is 1.74. The number of nitrogens with one attached hydrogen (secondary N) is 2. The zero-order valence-corrected chi connectivity index (χ0v) is 17.2. The first kappa shape index (κ1) is 19.9. The van der Waals surface area contributed by atoms with Crippen molar-refractivity contribution in [3.05, 3.63) is 41.7 Å². The molecule has 150 valence electrons. The van der Waals surface area contributed by atoms with Crippen LogP contribution in [0.1, 0.15) is 51.9 Å². The van der Waals surface area contributed by atoms with E-state index in [2.05, 4.69) is 43.2 Å². The molecule has 0 bridgehead atoms. The minimum Gasteiger partial charge on any atom is -0.322 e. The number of carbonyl (C=O) groups is 2. The summed E-state index contributed by atoms with van der Waals surface area (Å²) in [6, 6.07) is 9.41. The van der Waals surface area contributed by atoms with E-state index in [1.165, 1.54) is 0 Å². The van der Waals surface area contributed by atoms with E-state index in [0.717, 1.165) is 23.5 Å². The van der Waals surface area contributed by atoms with Gasteiger partial charge in [0, 0.05) is 36.3 Å². The standard InChI is InChI=1S/C21H29N5O2/c1-14-6-11-19(27)26(14)17-9-7-15(8-10-17)22-20(28)25(5)13-16-12-18(24-23-16)21(2,3)4/h7-10,12,14H,6,11,13H2,1-5H3,(H,22,28)(H,23,24). The minimum absolute atomic E-state index is 0.0362. The second-order valence-electron chi connectivity index (χ2n) is 8.51. The molecule has 3 amide bonds.